The van der Waals surface area contributed by atoms with Crippen molar-refractivity contribution in [3.63, 3.8) is 0 Å². The Balaban J connectivity index is 2.23. The van der Waals surface area contributed by atoms with Gasteiger partial charge in [0, 0.05) is 24.2 Å². The minimum atomic E-state index is -0.432. The summed E-state index contributed by atoms with van der Waals surface area (Å²) in [5.41, 5.74) is 1.13. The van der Waals surface area contributed by atoms with Crippen LogP contribution in [0, 0.1) is 18.6 Å². The maximum absolute atomic E-state index is 13.5. The van der Waals surface area contributed by atoms with Gasteiger partial charge in [-0.15, -0.1) is 0 Å². The van der Waals surface area contributed by atoms with Crippen LogP contribution in [0.15, 0.2) is 30.5 Å². The molecule has 0 aliphatic carbocycles. The number of hydrogen-bond acceptors (Lipinski definition) is 3. The Morgan fingerprint density at radius 2 is 2.00 bits per heavy atom. The number of rotatable bonds is 5. The summed E-state index contributed by atoms with van der Waals surface area (Å²) in [6.07, 6.45) is 1.08. The Morgan fingerprint density at radius 3 is 2.67 bits per heavy atom. The van der Waals surface area contributed by atoms with Crippen molar-refractivity contribution in [3.8, 4) is 11.6 Å². The topological polar surface area (TPSA) is 34.1 Å². The number of aryl methyl sites for hydroxylation is 1. The third-order valence-electron chi connectivity index (χ3n) is 2.95. The number of pyridine rings is 1. The molecule has 1 heterocycles. The zero-order valence-electron chi connectivity index (χ0n) is 12.3. The van der Waals surface area contributed by atoms with Crippen LogP contribution in [0.5, 0.6) is 11.6 Å². The van der Waals surface area contributed by atoms with Crippen molar-refractivity contribution in [2.75, 3.05) is 0 Å². The van der Waals surface area contributed by atoms with Gasteiger partial charge in [-0.05, 0) is 24.6 Å². The molecule has 0 saturated heterocycles. The zero-order valence-corrected chi connectivity index (χ0v) is 12.3. The molecule has 3 nitrogen and oxygen atoms in total. The fourth-order valence-corrected chi connectivity index (χ4v) is 1.75. The first-order valence-corrected chi connectivity index (χ1v) is 6.77. The predicted molar refractivity (Wildman–Crippen MR) is 77.4 cm³/mol. The van der Waals surface area contributed by atoms with E-state index in [9.17, 15) is 8.78 Å². The SMILES string of the molecule is Cc1ccc(Oc2ncc(F)cc2CNC(C)C)cc1F. The zero-order chi connectivity index (χ0) is 15.4. The van der Waals surface area contributed by atoms with Gasteiger partial charge in [-0.3, -0.25) is 0 Å². The molecule has 5 heteroatoms. The lowest BCUT2D eigenvalue weighted by Gasteiger charge is -2.13. The molecule has 1 N–H and O–H groups in total. The predicted octanol–water partition coefficient (Wildman–Crippen LogP) is 3.96. The van der Waals surface area contributed by atoms with Gasteiger partial charge in [0.1, 0.15) is 17.4 Å². The molecule has 0 fully saturated rings. The van der Waals surface area contributed by atoms with Crippen molar-refractivity contribution in [2.24, 2.45) is 0 Å². The van der Waals surface area contributed by atoms with Crippen molar-refractivity contribution < 1.29 is 13.5 Å². The van der Waals surface area contributed by atoms with E-state index in [0.717, 1.165) is 6.20 Å². The largest absolute Gasteiger partial charge is 0.439 e. The molecule has 0 atom stereocenters. The Labute approximate surface area is 123 Å². The lowest BCUT2D eigenvalue weighted by atomic mass is 10.2. The first-order chi connectivity index (χ1) is 9.95. The molecule has 1 aromatic carbocycles. The van der Waals surface area contributed by atoms with Gasteiger partial charge >= 0.3 is 0 Å². The van der Waals surface area contributed by atoms with Gasteiger partial charge in [0.05, 0.1) is 6.20 Å². The highest BCUT2D eigenvalue weighted by molar-refractivity contribution is 5.34. The third kappa shape index (κ3) is 4.23. The fraction of sp³-hybridized carbons (Fsp3) is 0.312. The Morgan fingerprint density at radius 1 is 1.24 bits per heavy atom. The molecule has 0 radical (unpaired) electrons. The Hall–Kier alpha value is -2.01. The monoisotopic (exact) mass is 292 g/mol. The van der Waals surface area contributed by atoms with E-state index in [-0.39, 0.29) is 17.7 Å². The second kappa shape index (κ2) is 6.63. The summed E-state index contributed by atoms with van der Waals surface area (Å²) in [5, 5.41) is 3.17. The first kappa shape index (κ1) is 15.4. The smallest absolute Gasteiger partial charge is 0.223 e. The summed E-state index contributed by atoms with van der Waals surface area (Å²) < 4.78 is 32.4. The highest BCUT2D eigenvalue weighted by Gasteiger charge is 2.10. The number of ether oxygens (including phenoxy) is 1. The van der Waals surface area contributed by atoms with Crippen molar-refractivity contribution in [3.05, 3.63) is 53.2 Å². The lowest BCUT2D eigenvalue weighted by Crippen LogP contribution is -2.22. The van der Waals surface area contributed by atoms with Gasteiger partial charge in [0.15, 0.2) is 0 Å². The van der Waals surface area contributed by atoms with Crippen LogP contribution in [0.2, 0.25) is 0 Å². The molecule has 112 valence electrons. The number of nitrogens with one attached hydrogen (secondary N) is 1. The van der Waals surface area contributed by atoms with Gasteiger partial charge in [-0.25, -0.2) is 13.8 Å². The second-order valence-electron chi connectivity index (χ2n) is 5.17. The summed E-state index contributed by atoms with van der Waals surface area (Å²) in [5.74, 6) is -0.176. The molecule has 0 aliphatic heterocycles. The van der Waals surface area contributed by atoms with Crippen molar-refractivity contribution >= 4 is 0 Å². The molecule has 0 spiro atoms. The summed E-state index contributed by atoms with van der Waals surface area (Å²) in [4.78, 5) is 3.94. The number of nitrogens with zero attached hydrogens (tertiary/aromatic N) is 1. The fourth-order valence-electron chi connectivity index (χ4n) is 1.75. The lowest BCUT2D eigenvalue weighted by molar-refractivity contribution is 0.441. The van der Waals surface area contributed by atoms with Crippen LogP contribution in [0.1, 0.15) is 25.0 Å². The van der Waals surface area contributed by atoms with Gasteiger partial charge in [-0.1, -0.05) is 19.9 Å². The molecule has 2 aromatic rings. The normalized spacial score (nSPS) is 11.0. The molecule has 21 heavy (non-hydrogen) atoms. The maximum atomic E-state index is 13.5. The number of halogens is 2. The van der Waals surface area contributed by atoms with E-state index in [4.69, 9.17) is 4.74 Å². The average Bonchev–Trinajstić information content (AvgIpc) is 2.43. The van der Waals surface area contributed by atoms with E-state index < -0.39 is 5.82 Å². The summed E-state index contributed by atoms with van der Waals surface area (Å²) >= 11 is 0. The van der Waals surface area contributed by atoms with Crippen molar-refractivity contribution in [2.45, 2.75) is 33.4 Å². The van der Waals surface area contributed by atoms with Gasteiger partial charge in [0.2, 0.25) is 5.88 Å². The average molecular weight is 292 g/mol. The van der Waals surface area contributed by atoms with Crippen molar-refractivity contribution in [1.82, 2.24) is 10.3 Å². The Bertz CT molecular complexity index is 630. The van der Waals surface area contributed by atoms with E-state index in [0.29, 0.717) is 23.4 Å². The van der Waals surface area contributed by atoms with E-state index in [1.165, 1.54) is 12.1 Å². The molecule has 0 aliphatic rings. The highest BCUT2D eigenvalue weighted by Crippen LogP contribution is 2.25. The van der Waals surface area contributed by atoms with Gasteiger partial charge in [-0.2, -0.15) is 0 Å². The molecule has 0 unspecified atom stereocenters. The van der Waals surface area contributed by atoms with Crippen LogP contribution < -0.4 is 10.1 Å². The number of hydrogen-bond donors (Lipinski definition) is 1. The minimum Gasteiger partial charge on any atom is -0.439 e. The van der Waals surface area contributed by atoms with E-state index in [1.807, 2.05) is 13.8 Å². The van der Waals surface area contributed by atoms with Gasteiger partial charge in [0.25, 0.3) is 0 Å². The standard InChI is InChI=1S/C16H18F2N2O/c1-10(2)19-8-12-6-13(17)9-20-16(12)21-14-5-4-11(3)15(18)7-14/h4-7,9-10,19H,8H2,1-3H3. The third-order valence-corrected chi connectivity index (χ3v) is 2.95. The first-order valence-electron chi connectivity index (χ1n) is 6.77. The molecular formula is C16H18F2N2O. The minimum absolute atomic E-state index is 0.248. The van der Waals surface area contributed by atoms with Crippen LogP contribution >= 0.6 is 0 Å². The van der Waals surface area contributed by atoms with Crippen LogP contribution in [0.25, 0.3) is 0 Å². The maximum Gasteiger partial charge on any atom is 0.223 e. The van der Waals surface area contributed by atoms with Crippen molar-refractivity contribution in [1.29, 1.82) is 0 Å². The molecule has 2 rings (SSSR count). The quantitative estimate of drug-likeness (QED) is 0.905. The summed E-state index contributed by atoms with van der Waals surface area (Å²) in [6, 6.07) is 6.18. The van der Waals surface area contributed by atoms with Gasteiger partial charge < -0.3 is 10.1 Å². The number of aromatic nitrogens is 1. The van der Waals surface area contributed by atoms with E-state index >= 15 is 0 Å². The van der Waals surface area contributed by atoms with Crippen LogP contribution in [-0.4, -0.2) is 11.0 Å². The Kier molecular flexibility index (Phi) is 4.85. The number of benzene rings is 1. The second-order valence-corrected chi connectivity index (χ2v) is 5.17. The van der Waals surface area contributed by atoms with Crippen LogP contribution in [-0.2, 0) is 6.54 Å². The molecule has 0 amide bonds. The van der Waals surface area contributed by atoms with Crippen LogP contribution in [0.4, 0.5) is 8.78 Å². The van der Waals surface area contributed by atoms with E-state index in [2.05, 4.69) is 10.3 Å². The summed E-state index contributed by atoms with van der Waals surface area (Å²) in [7, 11) is 0. The molecule has 0 bridgehead atoms. The molecular weight excluding hydrogens is 274 g/mol. The molecule has 1 aromatic heterocycles. The highest BCUT2D eigenvalue weighted by atomic mass is 19.1. The molecule has 0 saturated carbocycles. The van der Waals surface area contributed by atoms with E-state index in [1.54, 1.807) is 19.1 Å². The van der Waals surface area contributed by atoms with Crippen LogP contribution in [0.3, 0.4) is 0 Å². The summed E-state index contributed by atoms with van der Waals surface area (Å²) in [6.45, 7) is 6.07.